The summed E-state index contributed by atoms with van der Waals surface area (Å²) in [7, 11) is -2.87. The lowest BCUT2D eigenvalue weighted by Crippen LogP contribution is -2.14. The summed E-state index contributed by atoms with van der Waals surface area (Å²) in [6.07, 6.45) is 0.425. The quantitative estimate of drug-likeness (QED) is 0.264. The Bertz CT molecular complexity index is 176. The number of esters is 1. The molecule has 0 aromatic heterocycles. The molecule has 0 aliphatic heterocycles. The van der Waals surface area contributed by atoms with Crippen molar-refractivity contribution in [3.8, 4) is 0 Å². The highest BCUT2D eigenvalue weighted by molar-refractivity contribution is 7.30. The first kappa shape index (κ1) is 14.7. The molecule has 0 aliphatic rings. The molecule has 0 saturated heterocycles. The maximum Gasteiger partial charge on any atom is 0.692 e. The van der Waals surface area contributed by atoms with Gasteiger partial charge in [-0.1, -0.05) is 13.5 Å². The molecular formula is C6H12O6P+. The van der Waals surface area contributed by atoms with Gasteiger partial charge >= 0.3 is 14.2 Å². The normalized spacial score (nSPS) is 10.5. The molecule has 1 atom stereocenters. The van der Waals surface area contributed by atoms with Crippen LogP contribution in [0.3, 0.4) is 0 Å². The van der Waals surface area contributed by atoms with Gasteiger partial charge in [0.25, 0.3) is 0 Å². The van der Waals surface area contributed by atoms with Crippen molar-refractivity contribution in [1.82, 2.24) is 0 Å². The second-order valence-electron chi connectivity index (χ2n) is 1.76. The third kappa shape index (κ3) is 18.3. The average Bonchev–Trinajstić information content (AvgIpc) is 2.03. The fraction of sp³-hybridized carbons (Fsp3) is 0.500. The van der Waals surface area contributed by atoms with Gasteiger partial charge in [0.2, 0.25) is 6.29 Å². The SMILES string of the molecule is C=CC(=O)OC(O)CC.O=[P+](O)O. The van der Waals surface area contributed by atoms with Crippen LogP contribution < -0.4 is 0 Å². The zero-order chi connectivity index (χ0) is 10.9. The third-order valence-electron chi connectivity index (χ3n) is 0.768. The Kier molecular flexibility index (Phi) is 10.5. The Morgan fingerprint density at radius 1 is 1.69 bits per heavy atom. The smallest absolute Gasteiger partial charge is 0.433 e. The van der Waals surface area contributed by atoms with E-state index in [1.54, 1.807) is 6.92 Å². The molecule has 0 aromatic carbocycles. The topological polar surface area (TPSA) is 104 Å². The Hall–Kier alpha value is -0.810. The summed E-state index contributed by atoms with van der Waals surface area (Å²) in [5, 5.41) is 8.67. The van der Waals surface area contributed by atoms with Gasteiger partial charge in [-0.05, 0) is 0 Å². The van der Waals surface area contributed by atoms with Crippen LogP contribution in [0.2, 0.25) is 0 Å². The summed E-state index contributed by atoms with van der Waals surface area (Å²) in [5.74, 6) is -0.593. The van der Waals surface area contributed by atoms with Gasteiger partial charge in [-0.25, -0.2) is 4.79 Å². The molecule has 0 aliphatic carbocycles. The molecule has 3 N–H and O–H groups in total. The van der Waals surface area contributed by atoms with Gasteiger partial charge < -0.3 is 9.84 Å². The fourth-order valence-corrected chi connectivity index (χ4v) is 0.266. The molecule has 0 fully saturated rings. The van der Waals surface area contributed by atoms with E-state index in [-0.39, 0.29) is 0 Å². The van der Waals surface area contributed by atoms with Crippen molar-refractivity contribution in [2.24, 2.45) is 0 Å². The predicted octanol–water partition coefficient (Wildman–Crippen LogP) is 0.0724. The highest BCUT2D eigenvalue weighted by Crippen LogP contribution is 1.98. The monoisotopic (exact) mass is 211 g/mol. The Balaban J connectivity index is 0. The minimum Gasteiger partial charge on any atom is -0.433 e. The van der Waals surface area contributed by atoms with Gasteiger partial charge in [0.15, 0.2) is 0 Å². The molecule has 1 unspecified atom stereocenters. The number of carbonyl (C=O) groups is 1. The van der Waals surface area contributed by atoms with Gasteiger partial charge in [-0.15, -0.1) is 9.79 Å². The lowest BCUT2D eigenvalue weighted by molar-refractivity contribution is -0.161. The van der Waals surface area contributed by atoms with Crippen LogP contribution in [0.25, 0.3) is 0 Å². The lowest BCUT2D eigenvalue weighted by Gasteiger charge is -2.05. The summed E-state index contributed by atoms with van der Waals surface area (Å²) >= 11 is 0. The molecule has 13 heavy (non-hydrogen) atoms. The van der Waals surface area contributed by atoms with Crippen LogP contribution in [-0.2, 0) is 14.1 Å². The van der Waals surface area contributed by atoms with Crippen molar-refractivity contribution in [2.45, 2.75) is 19.6 Å². The van der Waals surface area contributed by atoms with Gasteiger partial charge in [-0.3, -0.25) is 0 Å². The number of carbonyl (C=O) groups excluding carboxylic acids is 1. The number of hydrogen-bond acceptors (Lipinski definition) is 4. The summed E-state index contributed by atoms with van der Waals surface area (Å²) in [4.78, 5) is 24.5. The number of ether oxygens (including phenoxy) is 1. The molecule has 0 saturated carbocycles. The fourth-order valence-electron chi connectivity index (χ4n) is 0.266. The van der Waals surface area contributed by atoms with Crippen molar-refractivity contribution in [1.29, 1.82) is 0 Å². The van der Waals surface area contributed by atoms with E-state index in [0.717, 1.165) is 6.08 Å². The van der Waals surface area contributed by atoms with E-state index < -0.39 is 20.5 Å². The summed E-state index contributed by atoms with van der Waals surface area (Å²) in [6, 6.07) is 0. The van der Waals surface area contributed by atoms with Crippen molar-refractivity contribution >= 4 is 14.2 Å². The number of aliphatic hydroxyl groups is 1. The van der Waals surface area contributed by atoms with Crippen LogP contribution in [-0.4, -0.2) is 27.2 Å². The molecule has 6 nitrogen and oxygen atoms in total. The van der Waals surface area contributed by atoms with E-state index in [1.807, 2.05) is 0 Å². The van der Waals surface area contributed by atoms with Crippen LogP contribution in [0.4, 0.5) is 0 Å². The van der Waals surface area contributed by atoms with Gasteiger partial charge in [0.05, 0.1) is 0 Å². The predicted molar refractivity (Wildman–Crippen MR) is 44.6 cm³/mol. The number of hydrogen-bond donors (Lipinski definition) is 3. The first-order chi connectivity index (χ1) is 5.93. The first-order valence-corrected chi connectivity index (χ1v) is 4.46. The van der Waals surface area contributed by atoms with Crippen molar-refractivity contribution < 1.29 is 29.0 Å². The second-order valence-corrected chi connectivity index (χ2v) is 2.26. The summed E-state index contributed by atoms with van der Waals surface area (Å²) < 4.78 is 13.1. The van der Waals surface area contributed by atoms with E-state index >= 15 is 0 Å². The highest BCUT2D eigenvalue weighted by Gasteiger charge is 2.02. The lowest BCUT2D eigenvalue weighted by atomic mass is 10.5. The van der Waals surface area contributed by atoms with E-state index in [9.17, 15) is 4.79 Å². The zero-order valence-corrected chi connectivity index (χ0v) is 7.98. The number of rotatable bonds is 3. The van der Waals surface area contributed by atoms with Gasteiger partial charge in [-0.2, -0.15) is 0 Å². The molecule has 0 amide bonds. The van der Waals surface area contributed by atoms with Crippen LogP contribution in [0.5, 0.6) is 0 Å². The van der Waals surface area contributed by atoms with Gasteiger partial charge in [0, 0.05) is 17.1 Å². The Labute approximate surface area is 76.4 Å². The zero-order valence-electron chi connectivity index (χ0n) is 7.08. The molecule has 0 radical (unpaired) electrons. The van der Waals surface area contributed by atoms with E-state index in [4.69, 9.17) is 19.5 Å². The average molecular weight is 211 g/mol. The molecule has 7 heteroatoms. The molecule has 0 heterocycles. The molecule has 0 spiro atoms. The Morgan fingerprint density at radius 3 is 2.31 bits per heavy atom. The molecule has 0 rings (SSSR count). The van der Waals surface area contributed by atoms with E-state index in [0.29, 0.717) is 6.42 Å². The minimum absolute atomic E-state index is 0.402. The molecular weight excluding hydrogens is 199 g/mol. The van der Waals surface area contributed by atoms with Crippen molar-refractivity contribution in [3.63, 3.8) is 0 Å². The largest absolute Gasteiger partial charge is 0.692 e. The number of aliphatic hydroxyl groups excluding tert-OH is 1. The minimum atomic E-state index is -2.87. The van der Waals surface area contributed by atoms with E-state index in [2.05, 4.69) is 11.3 Å². The van der Waals surface area contributed by atoms with Crippen LogP contribution in [0, 0.1) is 0 Å². The Morgan fingerprint density at radius 2 is 2.08 bits per heavy atom. The van der Waals surface area contributed by atoms with E-state index in [1.165, 1.54) is 0 Å². The highest BCUT2D eigenvalue weighted by atomic mass is 31.1. The standard InChI is InChI=1S/C6H10O3.HO3P/c1-3-5(7)9-6(8)4-2;1-4(2)3/h3,6,8H,1,4H2,2H3;(H-,1,2,3)/p+1. The first-order valence-electron chi connectivity index (χ1n) is 3.30. The van der Waals surface area contributed by atoms with Crippen LogP contribution >= 0.6 is 8.25 Å². The van der Waals surface area contributed by atoms with Crippen LogP contribution in [0.1, 0.15) is 13.3 Å². The maximum absolute atomic E-state index is 10.3. The van der Waals surface area contributed by atoms with Crippen molar-refractivity contribution in [3.05, 3.63) is 12.7 Å². The summed E-state index contributed by atoms with van der Waals surface area (Å²) in [5.41, 5.74) is 0. The summed E-state index contributed by atoms with van der Waals surface area (Å²) in [6.45, 7) is 4.87. The third-order valence-corrected chi connectivity index (χ3v) is 0.768. The van der Waals surface area contributed by atoms with Gasteiger partial charge in [0.1, 0.15) is 0 Å². The maximum atomic E-state index is 10.3. The molecule has 0 bridgehead atoms. The van der Waals surface area contributed by atoms with Crippen molar-refractivity contribution in [2.75, 3.05) is 0 Å². The van der Waals surface area contributed by atoms with Crippen LogP contribution in [0.15, 0.2) is 12.7 Å². The second kappa shape index (κ2) is 9.28. The molecule has 0 aromatic rings. The molecule has 76 valence electrons.